The molecule has 8 nitrogen and oxygen atoms in total. The van der Waals surface area contributed by atoms with Gasteiger partial charge in [0.1, 0.15) is 6.07 Å². The van der Waals surface area contributed by atoms with E-state index in [1.54, 1.807) is 18.2 Å². The zero-order valence-corrected chi connectivity index (χ0v) is 14.7. The first kappa shape index (κ1) is 18.4. The monoisotopic (exact) mass is 365 g/mol. The molecule has 0 atom stereocenters. The Morgan fingerprint density at radius 2 is 1.89 bits per heavy atom. The summed E-state index contributed by atoms with van der Waals surface area (Å²) >= 11 is 0. The maximum absolute atomic E-state index is 12.2. The second kappa shape index (κ2) is 8.29. The molecule has 1 aliphatic heterocycles. The van der Waals surface area contributed by atoms with Crippen molar-refractivity contribution in [2.45, 2.75) is 0 Å². The van der Waals surface area contributed by atoms with Gasteiger partial charge in [-0.1, -0.05) is 18.2 Å². The van der Waals surface area contributed by atoms with E-state index >= 15 is 0 Å². The van der Waals surface area contributed by atoms with Gasteiger partial charge in [0, 0.05) is 44.0 Å². The molecule has 27 heavy (non-hydrogen) atoms. The fourth-order valence-electron chi connectivity index (χ4n) is 3.09. The summed E-state index contributed by atoms with van der Waals surface area (Å²) in [5.41, 5.74) is 1.92. The van der Waals surface area contributed by atoms with Crippen LogP contribution in [0.3, 0.4) is 0 Å². The van der Waals surface area contributed by atoms with Crippen LogP contribution in [0.15, 0.2) is 48.5 Å². The predicted octanol–water partition coefficient (Wildman–Crippen LogP) is 2.23. The van der Waals surface area contributed by atoms with Gasteiger partial charge in [-0.15, -0.1) is 0 Å². The zero-order valence-electron chi connectivity index (χ0n) is 14.7. The highest BCUT2D eigenvalue weighted by atomic mass is 16.6. The Kier molecular flexibility index (Phi) is 5.64. The lowest BCUT2D eigenvalue weighted by molar-refractivity contribution is -0.384. The molecule has 1 aliphatic rings. The zero-order chi connectivity index (χ0) is 19.2. The van der Waals surface area contributed by atoms with Crippen molar-refractivity contribution in [1.29, 1.82) is 5.26 Å². The highest BCUT2D eigenvalue weighted by Gasteiger charge is 2.21. The van der Waals surface area contributed by atoms with E-state index in [1.807, 2.05) is 23.1 Å². The maximum atomic E-state index is 12.2. The molecule has 1 heterocycles. The minimum absolute atomic E-state index is 0.0578. The van der Waals surface area contributed by atoms with E-state index in [0.717, 1.165) is 18.8 Å². The smallest absolute Gasteiger partial charge is 0.271 e. The van der Waals surface area contributed by atoms with Crippen LogP contribution in [0.2, 0.25) is 0 Å². The van der Waals surface area contributed by atoms with Crippen molar-refractivity contribution in [3.05, 3.63) is 64.2 Å². The Labute approximate surface area is 156 Å². The minimum atomic E-state index is -0.492. The number of nitrogens with zero attached hydrogens (tertiary/aromatic N) is 4. The van der Waals surface area contributed by atoms with Crippen LogP contribution in [0.4, 0.5) is 17.1 Å². The molecule has 0 radical (unpaired) electrons. The fourth-order valence-corrected chi connectivity index (χ4v) is 3.09. The Hall–Kier alpha value is -3.44. The fraction of sp³-hybridized carbons (Fsp3) is 0.263. The number of piperazine rings is 1. The molecule has 8 heteroatoms. The molecule has 0 bridgehead atoms. The van der Waals surface area contributed by atoms with Gasteiger partial charge in [-0.2, -0.15) is 5.26 Å². The topological polar surface area (TPSA) is 103 Å². The molecule has 3 rings (SSSR count). The third-order valence-electron chi connectivity index (χ3n) is 4.45. The number of amides is 1. The number of nitro benzene ring substituents is 1. The van der Waals surface area contributed by atoms with E-state index in [9.17, 15) is 20.2 Å². The van der Waals surface area contributed by atoms with E-state index in [1.165, 1.54) is 12.1 Å². The van der Waals surface area contributed by atoms with Gasteiger partial charge in [0.2, 0.25) is 5.91 Å². The minimum Gasteiger partial charge on any atom is -0.368 e. The van der Waals surface area contributed by atoms with Crippen molar-refractivity contribution in [2.24, 2.45) is 0 Å². The lowest BCUT2D eigenvalue weighted by Gasteiger charge is -2.36. The number of benzene rings is 2. The number of carbonyl (C=O) groups excluding carboxylic acids is 1. The van der Waals surface area contributed by atoms with Crippen molar-refractivity contribution in [1.82, 2.24) is 4.90 Å². The number of nitro groups is 1. The first-order valence-corrected chi connectivity index (χ1v) is 8.57. The molecule has 2 aromatic carbocycles. The Bertz CT molecular complexity index is 885. The third kappa shape index (κ3) is 4.59. The van der Waals surface area contributed by atoms with E-state index in [-0.39, 0.29) is 18.1 Å². The lowest BCUT2D eigenvalue weighted by Crippen LogP contribution is -2.48. The van der Waals surface area contributed by atoms with Gasteiger partial charge in [0.25, 0.3) is 5.69 Å². The standard InChI is InChI=1S/C19H19N5O3/c20-13-15-4-1-2-7-18(15)23-10-8-22(9-11-23)14-19(25)21-16-5-3-6-17(12-16)24(26)27/h1-7,12H,8-11,14H2,(H,21,25). The van der Waals surface area contributed by atoms with Gasteiger partial charge < -0.3 is 10.2 Å². The van der Waals surface area contributed by atoms with Crippen LogP contribution in [0.1, 0.15) is 5.56 Å². The molecule has 0 aliphatic carbocycles. The van der Waals surface area contributed by atoms with Crippen molar-refractivity contribution >= 4 is 23.0 Å². The van der Waals surface area contributed by atoms with Crippen LogP contribution in [0, 0.1) is 21.4 Å². The van der Waals surface area contributed by atoms with Gasteiger partial charge in [-0.05, 0) is 18.2 Å². The maximum Gasteiger partial charge on any atom is 0.271 e. The molecule has 1 amide bonds. The van der Waals surface area contributed by atoms with Gasteiger partial charge in [-0.3, -0.25) is 19.8 Å². The number of nitrogens with one attached hydrogen (secondary N) is 1. The van der Waals surface area contributed by atoms with Crippen LogP contribution in [0.5, 0.6) is 0 Å². The summed E-state index contributed by atoms with van der Waals surface area (Å²) < 4.78 is 0. The first-order chi connectivity index (χ1) is 13.1. The number of non-ortho nitro benzene ring substituents is 1. The van der Waals surface area contributed by atoms with Crippen molar-refractivity contribution in [2.75, 3.05) is 42.9 Å². The molecule has 0 unspecified atom stereocenters. The Balaban J connectivity index is 1.53. The summed E-state index contributed by atoms with van der Waals surface area (Å²) in [5, 5.41) is 22.7. The molecule has 2 aromatic rings. The lowest BCUT2D eigenvalue weighted by atomic mass is 10.1. The second-order valence-electron chi connectivity index (χ2n) is 6.25. The summed E-state index contributed by atoms with van der Waals surface area (Å²) in [6.07, 6.45) is 0. The van der Waals surface area contributed by atoms with E-state index in [0.29, 0.717) is 24.3 Å². The Morgan fingerprint density at radius 3 is 2.59 bits per heavy atom. The highest BCUT2D eigenvalue weighted by Crippen LogP contribution is 2.21. The Morgan fingerprint density at radius 1 is 1.15 bits per heavy atom. The van der Waals surface area contributed by atoms with Crippen molar-refractivity contribution in [3.63, 3.8) is 0 Å². The van der Waals surface area contributed by atoms with Crippen LogP contribution < -0.4 is 10.2 Å². The van der Waals surface area contributed by atoms with Crippen molar-refractivity contribution < 1.29 is 9.72 Å². The summed E-state index contributed by atoms with van der Waals surface area (Å²) in [7, 11) is 0. The normalized spacial score (nSPS) is 14.4. The summed E-state index contributed by atoms with van der Waals surface area (Å²) in [6, 6.07) is 15.6. The molecular weight excluding hydrogens is 346 g/mol. The number of nitriles is 1. The van der Waals surface area contributed by atoms with Gasteiger partial charge in [-0.25, -0.2) is 0 Å². The average molecular weight is 365 g/mol. The second-order valence-corrected chi connectivity index (χ2v) is 6.25. The summed E-state index contributed by atoms with van der Waals surface area (Å²) in [6.45, 7) is 3.06. The summed E-state index contributed by atoms with van der Waals surface area (Å²) in [5.74, 6) is -0.207. The van der Waals surface area contributed by atoms with Crippen molar-refractivity contribution in [3.8, 4) is 6.07 Å². The quantitative estimate of drug-likeness (QED) is 0.644. The number of hydrogen-bond acceptors (Lipinski definition) is 6. The number of carbonyl (C=O) groups is 1. The van der Waals surface area contributed by atoms with Crippen LogP contribution in [-0.4, -0.2) is 48.5 Å². The van der Waals surface area contributed by atoms with E-state index < -0.39 is 4.92 Å². The predicted molar refractivity (Wildman–Crippen MR) is 102 cm³/mol. The molecule has 0 spiro atoms. The molecule has 0 saturated carbocycles. The van der Waals surface area contributed by atoms with Crippen LogP contribution >= 0.6 is 0 Å². The molecule has 0 aromatic heterocycles. The molecule has 1 fully saturated rings. The SMILES string of the molecule is N#Cc1ccccc1N1CCN(CC(=O)Nc2cccc([N+](=O)[O-])c2)CC1. The highest BCUT2D eigenvalue weighted by molar-refractivity contribution is 5.92. The molecule has 1 N–H and O–H groups in total. The average Bonchev–Trinajstić information content (AvgIpc) is 2.68. The largest absolute Gasteiger partial charge is 0.368 e. The molecule has 138 valence electrons. The first-order valence-electron chi connectivity index (χ1n) is 8.57. The number of rotatable bonds is 5. The number of anilines is 2. The van der Waals surface area contributed by atoms with E-state index in [2.05, 4.69) is 16.3 Å². The van der Waals surface area contributed by atoms with E-state index in [4.69, 9.17) is 0 Å². The summed E-state index contributed by atoms with van der Waals surface area (Å²) in [4.78, 5) is 26.7. The van der Waals surface area contributed by atoms with Gasteiger partial charge in [0.05, 0.1) is 22.7 Å². The van der Waals surface area contributed by atoms with Crippen LogP contribution in [0.25, 0.3) is 0 Å². The molecular formula is C19H19N5O3. The van der Waals surface area contributed by atoms with Crippen LogP contribution in [-0.2, 0) is 4.79 Å². The number of hydrogen-bond donors (Lipinski definition) is 1. The molecule has 1 saturated heterocycles. The van der Waals surface area contributed by atoms with Gasteiger partial charge >= 0.3 is 0 Å². The number of para-hydroxylation sites is 1. The van der Waals surface area contributed by atoms with Gasteiger partial charge in [0.15, 0.2) is 0 Å². The third-order valence-corrected chi connectivity index (χ3v) is 4.45.